The summed E-state index contributed by atoms with van der Waals surface area (Å²) in [6, 6.07) is 0. The number of carbonyl (C=O) groups is 2. The molecule has 0 spiro atoms. The molecular formula is C18H41NNa2O4. The van der Waals surface area contributed by atoms with Gasteiger partial charge in [0.05, 0.1) is 6.61 Å². The van der Waals surface area contributed by atoms with Gasteiger partial charge in [0.25, 0.3) is 0 Å². The monoisotopic (exact) mass is 381 g/mol. The summed E-state index contributed by atoms with van der Waals surface area (Å²) in [4.78, 5) is 20.2. The molecule has 0 fully saturated rings. The first-order chi connectivity index (χ1) is 10.6. The van der Waals surface area contributed by atoms with Crippen LogP contribution in [0.4, 0.5) is 0 Å². The summed E-state index contributed by atoms with van der Waals surface area (Å²) in [6.45, 7) is 6.30. The van der Waals surface area contributed by atoms with E-state index in [0.29, 0.717) is 13.0 Å². The topological polar surface area (TPSA) is 98.6 Å². The molecule has 144 valence electrons. The van der Waals surface area contributed by atoms with Crippen LogP contribution in [0.1, 0.15) is 97.8 Å². The number of rotatable bonds is 13. The van der Waals surface area contributed by atoms with E-state index in [1.165, 1.54) is 57.8 Å². The second-order valence-corrected chi connectivity index (χ2v) is 5.50. The van der Waals surface area contributed by atoms with Crippen molar-refractivity contribution in [3.63, 3.8) is 0 Å². The molecule has 4 N–H and O–H groups in total. The maximum absolute atomic E-state index is 10.8. The summed E-state index contributed by atoms with van der Waals surface area (Å²) < 4.78 is 5.02. The molecule has 0 aromatic carbocycles. The molecule has 0 aliphatic rings. The van der Waals surface area contributed by atoms with Crippen molar-refractivity contribution in [2.24, 2.45) is 0 Å². The quantitative estimate of drug-likeness (QED) is 0.283. The molecule has 0 amide bonds. The summed E-state index contributed by atoms with van der Waals surface area (Å²) in [5.41, 5.74) is 0. The van der Waals surface area contributed by atoms with Gasteiger partial charge in [-0.1, -0.05) is 78.6 Å². The third kappa shape index (κ3) is 40.8. The molecular weight excluding hydrogens is 340 g/mol. The van der Waals surface area contributed by atoms with Crippen molar-refractivity contribution in [3.05, 3.63) is 0 Å². The molecule has 0 atom stereocenters. The average Bonchev–Trinajstić information content (AvgIpc) is 2.52. The number of carboxylic acids is 1. The Morgan fingerprint density at radius 2 is 1.08 bits per heavy atom. The number of unbranched alkanes of at least 4 members (excludes halogenated alkanes) is 9. The van der Waals surface area contributed by atoms with Crippen molar-refractivity contribution in [2.75, 3.05) is 6.61 Å². The van der Waals surface area contributed by atoms with Crippen LogP contribution in [0.5, 0.6) is 0 Å². The zero-order valence-electron chi connectivity index (χ0n) is 15.6. The molecule has 0 unspecified atom stereocenters. The molecule has 0 saturated heterocycles. The van der Waals surface area contributed by atoms with Crippen LogP contribution >= 0.6 is 0 Å². The zero-order chi connectivity index (χ0) is 17.1. The average molecular weight is 382 g/mol. The van der Waals surface area contributed by atoms with Crippen molar-refractivity contribution in [1.82, 2.24) is 6.15 Å². The van der Waals surface area contributed by atoms with Gasteiger partial charge in [-0.3, -0.25) is 9.59 Å². The Hall–Kier alpha value is 0.900. The van der Waals surface area contributed by atoms with Gasteiger partial charge in [0, 0.05) is 12.8 Å². The fraction of sp³-hybridized carbons (Fsp3) is 0.889. The number of carbonyl (C=O) groups excluding carboxylic acids is 1. The molecule has 7 heteroatoms. The molecule has 0 radical (unpaired) electrons. The van der Waals surface area contributed by atoms with Gasteiger partial charge in [-0.2, -0.15) is 0 Å². The van der Waals surface area contributed by atoms with Crippen LogP contribution in [0.2, 0.25) is 0 Å². The second-order valence-electron chi connectivity index (χ2n) is 5.50. The van der Waals surface area contributed by atoms with E-state index in [-0.39, 0.29) is 77.7 Å². The number of ether oxygens (including phenoxy) is 1. The molecule has 0 rings (SSSR count). The van der Waals surface area contributed by atoms with Gasteiger partial charge in [0.2, 0.25) is 0 Å². The zero-order valence-corrected chi connectivity index (χ0v) is 15.6. The molecule has 0 heterocycles. The van der Waals surface area contributed by atoms with E-state index < -0.39 is 5.97 Å². The summed E-state index contributed by atoms with van der Waals surface area (Å²) >= 11 is 0. The van der Waals surface area contributed by atoms with Gasteiger partial charge in [0.15, 0.2) is 0 Å². The second kappa shape index (κ2) is 32.6. The summed E-state index contributed by atoms with van der Waals surface area (Å²) in [5, 5.41) is 7.72. The Morgan fingerprint density at radius 3 is 1.40 bits per heavy atom. The van der Waals surface area contributed by atoms with Gasteiger partial charge in [0.1, 0.15) is 0 Å². The fourth-order valence-electron chi connectivity index (χ4n) is 1.88. The van der Waals surface area contributed by atoms with Crippen LogP contribution in [0, 0.1) is 0 Å². The van der Waals surface area contributed by atoms with E-state index in [4.69, 9.17) is 9.84 Å². The first-order valence-corrected chi connectivity index (χ1v) is 8.95. The number of hydrogen-bond donors (Lipinski definition) is 2. The SMILES string of the molecule is CCC(=O)O.CCCCCCCCCCCCOC(=O)CC.N.[NaH].[NaH]. The number of hydrogen-bond acceptors (Lipinski definition) is 4. The van der Waals surface area contributed by atoms with Crippen LogP contribution in [-0.4, -0.2) is 82.8 Å². The summed E-state index contributed by atoms with van der Waals surface area (Å²) in [7, 11) is 0. The van der Waals surface area contributed by atoms with Crippen molar-refractivity contribution in [3.8, 4) is 0 Å². The molecule has 0 aliphatic heterocycles. The molecule has 0 aromatic rings. The van der Waals surface area contributed by atoms with Gasteiger partial charge in [-0.05, 0) is 6.42 Å². The standard InChI is InChI=1S/C15H30O2.C3H6O2.H3N.2Na.2H/c1-3-5-6-7-8-9-10-11-12-13-14-17-15(16)4-2;1-2-3(4)5;;;;;/h3-14H2,1-2H3;2H2,1H3,(H,4,5);1H3;;;;. The predicted molar refractivity (Wildman–Crippen MR) is 110 cm³/mol. The van der Waals surface area contributed by atoms with Crippen molar-refractivity contribution in [1.29, 1.82) is 0 Å². The molecule has 25 heavy (non-hydrogen) atoms. The van der Waals surface area contributed by atoms with Crippen LogP contribution in [0.3, 0.4) is 0 Å². The van der Waals surface area contributed by atoms with Crippen LogP contribution in [-0.2, 0) is 14.3 Å². The van der Waals surface area contributed by atoms with E-state index in [1.807, 2.05) is 6.92 Å². The minimum absolute atomic E-state index is 0. The van der Waals surface area contributed by atoms with Gasteiger partial charge >= 0.3 is 71.1 Å². The van der Waals surface area contributed by atoms with Crippen molar-refractivity contribution >= 4 is 71.1 Å². The Balaban J connectivity index is -0.000000147. The van der Waals surface area contributed by atoms with Gasteiger partial charge in [-0.15, -0.1) is 0 Å². The molecule has 0 saturated carbocycles. The first-order valence-electron chi connectivity index (χ1n) is 8.95. The van der Waals surface area contributed by atoms with E-state index in [0.717, 1.165) is 6.42 Å². The molecule has 0 bridgehead atoms. The van der Waals surface area contributed by atoms with E-state index in [9.17, 15) is 9.59 Å². The fourth-order valence-corrected chi connectivity index (χ4v) is 1.88. The number of aliphatic carboxylic acids is 1. The van der Waals surface area contributed by atoms with Crippen molar-refractivity contribution in [2.45, 2.75) is 97.8 Å². The van der Waals surface area contributed by atoms with E-state index in [1.54, 1.807) is 6.92 Å². The maximum atomic E-state index is 10.8. The van der Waals surface area contributed by atoms with Gasteiger partial charge < -0.3 is 16.0 Å². The predicted octanol–water partition coefficient (Wildman–Crippen LogP) is 4.21. The Bertz CT molecular complexity index is 267. The van der Waals surface area contributed by atoms with Gasteiger partial charge in [-0.25, -0.2) is 0 Å². The Morgan fingerprint density at radius 1 is 0.720 bits per heavy atom. The summed E-state index contributed by atoms with van der Waals surface area (Å²) in [6.07, 6.45) is 13.9. The third-order valence-electron chi connectivity index (χ3n) is 3.35. The van der Waals surface area contributed by atoms with E-state index >= 15 is 0 Å². The summed E-state index contributed by atoms with van der Waals surface area (Å²) in [5.74, 6) is -0.814. The molecule has 0 aromatic heterocycles. The Kier molecular flexibility index (Phi) is 47.9. The number of carboxylic acid groups (broad SMARTS) is 1. The first kappa shape index (κ1) is 36.8. The van der Waals surface area contributed by atoms with E-state index in [2.05, 4.69) is 6.92 Å². The molecule has 5 nitrogen and oxygen atoms in total. The molecule has 0 aliphatic carbocycles. The third-order valence-corrected chi connectivity index (χ3v) is 3.35. The van der Waals surface area contributed by atoms with Crippen molar-refractivity contribution < 1.29 is 19.4 Å². The number of esters is 1. The van der Waals surface area contributed by atoms with Crippen LogP contribution in [0.15, 0.2) is 0 Å². The minimum atomic E-state index is -0.745. The van der Waals surface area contributed by atoms with Crippen LogP contribution in [0.25, 0.3) is 0 Å². The van der Waals surface area contributed by atoms with Crippen LogP contribution < -0.4 is 6.15 Å². The normalized spacial score (nSPS) is 8.60. The Labute approximate surface area is 199 Å².